The number of ether oxygens (including phenoxy) is 1. The Morgan fingerprint density at radius 1 is 1.07 bits per heavy atom. The van der Waals surface area contributed by atoms with E-state index in [0.717, 1.165) is 12.1 Å². The van der Waals surface area contributed by atoms with E-state index >= 15 is 0 Å². The molecule has 1 saturated carbocycles. The van der Waals surface area contributed by atoms with Crippen LogP contribution in [-0.2, 0) is 11.7 Å². The van der Waals surface area contributed by atoms with Gasteiger partial charge in [0.2, 0.25) is 5.88 Å². The molecule has 42 heavy (non-hydrogen) atoms. The quantitative estimate of drug-likeness (QED) is 0.284. The van der Waals surface area contributed by atoms with Gasteiger partial charge in [-0.05, 0) is 50.6 Å². The molecule has 0 radical (unpaired) electrons. The van der Waals surface area contributed by atoms with E-state index in [1.807, 2.05) is 18.7 Å². The summed E-state index contributed by atoms with van der Waals surface area (Å²) in [6, 6.07) is 8.33. The summed E-state index contributed by atoms with van der Waals surface area (Å²) < 4.78 is 45.8. The molecule has 6 rings (SSSR count). The molecule has 0 spiro atoms. The number of piperidine rings is 1. The normalized spacial score (nSPS) is 20.0. The molecule has 2 fully saturated rings. The number of likely N-dealkylation sites (tertiary alicyclic amines) is 1. The van der Waals surface area contributed by atoms with Crippen LogP contribution in [-0.4, -0.2) is 49.9 Å². The Bertz CT molecular complexity index is 1660. The van der Waals surface area contributed by atoms with Crippen molar-refractivity contribution >= 4 is 28.8 Å². The molecule has 218 valence electrons. The van der Waals surface area contributed by atoms with Crippen LogP contribution in [0.1, 0.15) is 40.3 Å². The number of fused-ring (bicyclic) bond motifs is 1. The molecule has 1 saturated heterocycles. The lowest BCUT2D eigenvalue weighted by molar-refractivity contribution is -0.137. The standard InChI is InChI=1S/C29H26ClF3N6O2S/c1-14-24(42-26(37-14)25-35-7-4-8-36-25)27(40)39-12-18-19(13-39)23(18)41-22-11-16(28(2,3)34)10-21(38-22)17-6-5-15(9-20(17)30)29(31,32)33/h4-11,18-19,23H,12-13,34H2,1-3H3/t18-,19+,23-. The van der Waals surface area contributed by atoms with Crippen LogP contribution < -0.4 is 10.5 Å². The van der Waals surface area contributed by atoms with Crippen LogP contribution in [0, 0.1) is 18.8 Å². The maximum atomic E-state index is 13.3. The molecule has 2 N–H and O–H groups in total. The van der Waals surface area contributed by atoms with Gasteiger partial charge in [-0.15, -0.1) is 11.3 Å². The fourth-order valence-corrected chi connectivity index (χ4v) is 6.43. The van der Waals surface area contributed by atoms with Gasteiger partial charge >= 0.3 is 6.18 Å². The molecule has 4 heterocycles. The third kappa shape index (κ3) is 5.46. The molecule has 8 nitrogen and oxygen atoms in total. The molecule has 1 aliphatic carbocycles. The van der Waals surface area contributed by atoms with Crippen molar-refractivity contribution in [3.8, 4) is 28.0 Å². The molecule has 0 unspecified atom stereocenters. The van der Waals surface area contributed by atoms with Gasteiger partial charge in [0, 0.05) is 54.5 Å². The number of pyridine rings is 1. The van der Waals surface area contributed by atoms with Crippen LogP contribution >= 0.6 is 22.9 Å². The van der Waals surface area contributed by atoms with Crippen LogP contribution in [0.2, 0.25) is 5.02 Å². The van der Waals surface area contributed by atoms with Crippen LogP contribution in [0.3, 0.4) is 0 Å². The Kier molecular flexibility index (Phi) is 6.98. The van der Waals surface area contributed by atoms with E-state index < -0.39 is 17.3 Å². The SMILES string of the molecule is Cc1nc(-c2ncccn2)sc1C(=O)N1C[C@@H]2[C@H](C1)[C@@H]2Oc1cc(C(C)(C)N)cc(-c2ccc(C(F)(F)F)cc2Cl)n1. The predicted molar refractivity (Wildman–Crippen MR) is 152 cm³/mol. The number of carbonyl (C=O) groups excluding carboxylic acids is 1. The Labute approximate surface area is 248 Å². The lowest BCUT2D eigenvalue weighted by atomic mass is 9.94. The average molecular weight is 615 g/mol. The van der Waals surface area contributed by atoms with Gasteiger partial charge in [-0.3, -0.25) is 4.79 Å². The molecule has 1 aromatic carbocycles. The zero-order chi connectivity index (χ0) is 30.0. The molecule has 3 atom stereocenters. The van der Waals surface area contributed by atoms with E-state index in [4.69, 9.17) is 22.1 Å². The van der Waals surface area contributed by atoms with Crippen molar-refractivity contribution in [3.05, 3.63) is 75.5 Å². The van der Waals surface area contributed by atoms with Crippen LogP contribution in [0.4, 0.5) is 13.2 Å². The largest absolute Gasteiger partial charge is 0.474 e. The second kappa shape index (κ2) is 10.3. The molecule has 13 heteroatoms. The molecule has 3 aromatic heterocycles. The second-order valence-corrected chi connectivity index (χ2v) is 12.5. The second-order valence-electron chi connectivity index (χ2n) is 11.1. The number of aromatic nitrogens is 4. The maximum Gasteiger partial charge on any atom is 0.416 e. The van der Waals surface area contributed by atoms with Crippen molar-refractivity contribution in [2.75, 3.05) is 13.1 Å². The van der Waals surface area contributed by atoms with Gasteiger partial charge in [0.05, 0.1) is 22.0 Å². The van der Waals surface area contributed by atoms with E-state index in [9.17, 15) is 18.0 Å². The summed E-state index contributed by atoms with van der Waals surface area (Å²) in [4.78, 5) is 33.2. The number of rotatable bonds is 6. The van der Waals surface area contributed by atoms with Crippen molar-refractivity contribution in [2.24, 2.45) is 17.6 Å². The number of benzene rings is 1. The Balaban J connectivity index is 1.18. The zero-order valence-corrected chi connectivity index (χ0v) is 24.4. The van der Waals surface area contributed by atoms with Crippen molar-refractivity contribution in [3.63, 3.8) is 0 Å². The van der Waals surface area contributed by atoms with Crippen molar-refractivity contribution in [1.82, 2.24) is 24.8 Å². The van der Waals surface area contributed by atoms with Gasteiger partial charge in [0.15, 0.2) is 10.8 Å². The molecular formula is C29H26ClF3N6O2S. The topological polar surface area (TPSA) is 107 Å². The summed E-state index contributed by atoms with van der Waals surface area (Å²) in [5.41, 5.74) is 6.79. The Morgan fingerprint density at radius 3 is 2.38 bits per heavy atom. The van der Waals surface area contributed by atoms with Gasteiger partial charge in [0.25, 0.3) is 5.91 Å². The Morgan fingerprint density at radius 2 is 1.76 bits per heavy atom. The molecule has 4 aromatic rings. The van der Waals surface area contributed by atoms with Gasteiger partial charge in [-0.25, -0.2) is 19.9 Å². The monoisotopic (exact) mass is 614 g/mol. The van der Waals surface area contributed by atoms with E-state index in [2.05, 4.69) is 19.9 Å². The van der Waals surface area contributed by atoms with E-state index in [-0.39, 0.29) is 28.9 Å². The number of nitrogens with zero attached hydrogens (tertiary/aromatic N) is 5. The van der Waals surface area contributed by atoms with Gasteiger partial charge in [-0.2, -0.15) is 13.2 Å². The molecule has 2 aliphatic rings. The summed E-state index contributed by atoms with van der Waals surface area (Å²) in [6.07, 6.45) is -1.39. The molecular weight excluding hydrogens is 589 g/mol. The number of carbonyl (C=O) groups is 1. The van der Waals surface area contributed by atoms with Crippen LogP contribution in [0.5, 0.6) is 5.88 Å². The first kappa shape index (κ1) is 28.5. The number of thiazole rings is 1. The van der Waals surface area contributed by atoms with Crippen LogP contribution in [0.15, 0.2) is 48.8 Å². The number of hydrogen-bond acceptors (Lipinski definition) is 8. The lowest BCUT2D eigenvalue weighted by Crippen LogP contribution is -2.33. The van der Waals surface area contributed by atoms with Crippen molar-refractivity contribution in [1.29, 1.82) is 0 Å². The third-order valence-corrected chi connectivity index (χ3v) is 8.98. The number of nitrogens with two attached hydrogens (primary N) is 1. The summed E-state index contributed by atoms with van der Waals surface area (Å²) >= 11 is 7.55. The van der Waals surface area contributed by atoms with Crippen molar-refractivity contribution < 1.29 is 22.7 Å². The first-order valence-corrected chi connectivity index (χ1v) is 14.4. The third-order valence-electron chi connectivity index (χ3n) is 7.53. The maximum absolute atomic E-state index is 13.3. The van der Waals surface area contributed by atoms with E-state index in [1.54, 1.807) is 37.5 Å². The van der Waals surface area contributed by atoms with Gasteiger partial charge in [-0.1, -0.05) is 17.7 Å². The molecule has 1 aliphatic heterocycles. The Hall–Kier alpha value is -3.61. The van der Waals surface area contributed by atoms with Gasteiger partial charge < -0.3 is 15.4 Å². The zero-order valence-electron chi connectivity index (χ0n) is 22.8. The highest BCUT2D eigenvalue weighted by atomic mass is 35.5. The lowest BCUT2D eigenvalue weighted by Gasteiger charge is -2.22. The van der Waals surface area contributed by atoms with Gasteiger partial charge in [0.1, 0.15) is 11.0 Å². The summed E-state index contributed by atoms with van der Waals surface area (Å²) in [7, 11) is 0. The first-order chi connectivity index (χ1) is 19.8. The number of amides is 1. The first-order valence-electron chi connectivity index (χ1n) is 13.2. The summed E-state index contributed by atoms with van der Waals surface area (Å²) in [5.74, 6) is 0.972. The number of hydrogen-bond donors (Lipinski definition) is 1. The highest BCUT2D eigenvalue weighted by molar-refractivity contribution is 7.17. The predicted octanol–water partition coefficient (Wildman–Crippen LogP) is 5.99. The van der Waals surface area contributed by atoms with E-state index in [1.165, 1.54) is 17.4 Å². The smallest absolute Gasteiger partial charge is 0.416 e. The average Bonchev–Trinajstić information content (AvgIpc) is 3.25. The minimum Gasteiger partial charge on any atom is -0.474 e. The fraction of sp³-hybridized carbons (Fsp3) is 0.345. The number of halogens is 4. The molecule has 0 bridgehead atoms. The minimum atomic E-state index is -4.51. The van der Waals surface area contributed by atoms with Crippen molar-refractivity contribution in [2.45, 2.75) is 38.6 Å². The van der Waals surface area contributed by atoms with Crippen LogP contribution in [0.25, 0.3) is 22.1 Å². The fourth-order valence-electron chi connectivity index (χ4n) is 5.17. The number of aryl methyl sites for hydroxylation is 1. The summed E-state index contributed by atoms with van der Waals surface area (Å²) in [6.45, 7) is 6.49. The number of alkyl halides is 3. The molecule has 1 amide bonds. The highest BCUT2D eigenvalue weighted by Gasteiger charge is 2.59. The highest BCUT2D eigenvalue weighted by Crippen LogP contribution is 2.49. The van der Waals surface area contributed by atoms with E-state index in [0.29, 0.717) is 57.2 Å². The summed E-state index contributed by atoms with van der Waals surface area (Å²) in [5, 5.41) is 0.521. The minimum absolute atomic E-state index is 0.0759.